The number of carbonyl (C=O) groups excluding carboxylic acids is 2. The molecule has 3 aromatic rings. The van der Waals surface area contributed by atoms with Crippen LogP contribution in [0.2, 0.25) is 0 Å². The average Bonchev–Trinajstić information content (AvgIpc) is 3.36. The molecule has 0 saturated heterocycles. The molecule has 9 nitrogen and oxygen atoms in total. The molecule has 1 aromatic carbocycles. The van der Waals surface area contributed by atoms with Gasteiger partial charge in [0, 0.05) is 57.1 Å². The van der Waals surface area contributed by atoms with Gasteiger partial charge in [0.05, 0.1) is 6.54 Å². The van der Waals surface area contributed by atoms with Gasteiger partial charge in [-0.25, -0.2) is 0 Å². The zero-order chi connectivity index (χ0) is 22.7. The molecule has 4 rings (SSSR count). The summed E-state index contributed by atoms with van der Waals surface area (Å²) in [5.74, 6) is 0.0730. The first-order valence-corrected chi connectivity index (χ1v) is 10.6. The molecule has 1 N–H and O–H groups in total. The molecule has 0 atom stereocenters. The van der Waals surface area contributed by atoms with E-state index >= 15 is 0 Å². The maximum atomic E-state index is 13.5. The first kappa shape index (κ1) is 21.8. The van der Waals surface area contributed by atoms with Crippen LogP contribution in [0.15, 0.2) is 34.9 Å². The second kappa shape index (κ2) is 9.35. The SMILES string of the molecule is COCCCNC(=O)c1nn(C)c2c1CN(C(=O)c1c(-c3ccccc3)noc1C)CC2. The van der Waals surface area contributed by atoms with E-state index in [4.69, 9.17) is 9.26 Å². The molecular weight excluding hydrogens is 410 g/mol. The Morgan fingerprint density at radius 3 is 2.78 bits per heavy atom. The number of aryl methyl sites for hydroxylation is 2. The zero-order valence-electron chi connectivity index (χ0n) is 18.6. The lowest BCUT2D eigenvalue weighted by Crippen LogP contribution is -2.37. The number of hydrogen-bond donors (Lipinski definition) is 1. The molecule has 1 aliphatic heterocycles. The minimum atomic E-state index is -0.238. The van der Waals surface area contributed by atoms with E-state index in [1.165, 1.54) is 0 Å². The van der Waals surface area contributed by atoms with Crippen molar-refractivity contribution in [2.45, 2.75) is 26.3 Å². The van der Waals surface area contributed by atoms with Crippen molar-refractivity contribution in [2.24, 2.45) is 7.05 Å². The number of methoxy groups -OCH3 is 1. The van der Waals surface area contributed by atoms with E-state index in [0.717, 1.165) is 23.2 Å². The van der Waals surface area contributed by atoms with Gasteiger partial charge in [-0.3, -0.25) is 14.3 Å². The van der Waals surface area contributed by atoms with Crippen molar-refractivity contribution in [3.8, 4) is 11.3 Å². The lowest BCUT2D eigenvalue weighted by Gasteiger charge is -2.27. The number of amides is 2. The predicted octanol–water partition coefficient (Wildman–Crippen LogP) is 2.35. The molecule has 0 saturated carbocycles. The smallest absolute Gasteiger partial charge is 0.272 e. The molecule has 2 aromatic heterocycles. The number of rotatable bonds is 7. The van der Waals surface area contributed by atoms with Crippen molar-refractivity contribution in [3.63, 3.8) is 0 Å². The Morgan fingerprint density at radius 1 is 1.25 bits per heavy atom. The molecule has 3 heterocycles. The van der Waals surface area contributed by atoms with Gasteiger partial charge in [0.1, 0.15) is 17.0 Å². The number of carbonyl (C=O) groups is 2. The van der Waals surface area contributed by atoms with Gasteiger partial charge >= 0.3 is 0 Å². The van der Waals surface area contributed by atoms with Crippen LogP contribution in [0.25, 0.3) is 11.3 Å². The highest BCUT2D eigenvalue weighted by Gasteiger charge is 2.32. The summed E-state index contributed by atoms with van der Waals surface area (Å²) in [6, 6.07) is 9.50. The Morgan fingerprint density at radius 2 is 2.03 bits per heavy atom. The van der Waals surface area contributed by atoms with E-state index in [0.29, 0.717) is 55.4 Å². The number of hydrogen-bond acceptors (Lipinski definition) is 6. The number of fused-ring (bicyclic) bond motifs is 1. The lowest BCUT2D eigenvalue weighted by atomic mass is 10.0. The summed E-state index contributed by atoms with van der Waals surface area (Å²) < 4.78 is 12.1. The molecule has 0 aliphatic carbocycles. The lowest BCUT2D eigenvalue weighted by molar-refractivity contribution is 0.0729. The van der Waals surface area contributed by atoms with Crippen molar-refractivity contribution in [1.82, 2.24) is 25.2 Å². The minimum absolute atomic E-state index is 0.163. The molecule has 1 aliphatic rings. The standard InChI is InChI=1S/C23H27N5O4/c1-15-19(20(26-32-15)16-8-5-4-6-9-16)23(30)28-12-10-18-17(14-28)21(25-27(18)2)22(29)24-11-7-13-31-3/h4-6,8-9H,7,10-14H2,1-3H3,(H,24,29). The molecule has 2 amide bonds. The number of nitrogens with one attached hydrogen (secondary N) is 1. The molecule has 0 spiro atoms. The third-order valence-electron chi connectivity index (χ3n) is 5.68. The first-order chi connectivity index (χ1) is 15.5. The number of ether oxygens (including phenoxy) is 1. The average molecular weight is 438 g/mol. The Balaban J connectivity index is 1.57. The summed E-state index contributed by atoms with van der Waals surface area (Å²) in [6.45, 7) is 3.65. The topological polar surface area (TPSA) is 102 Å². The largest absolute Gasteiger partial charge is 0.385 e. The fourth-order valence-electron chi connectivity index (χ4n) is 4.03. The first-order valence-electron chi connectivity index (χ1n) is 10.6. The van der Waals surface area contributed by atoms with Crippen molar-refractivity contribution >= 4 is 11.8 Å². The van der Waals surface area contributed by atoms with Gasteiger partial charge in [-0.05, 0) is 13.3 Å². The molecular formula is C23H27N5O4. The normalized spacial score (nSPS) is 13.2. The van der Waals surface area contributed by atoms with Crippen molar-refractivity contribution in [2.75, 3.05) is 26.8 Å². The summed E-state index contributed by atoms with van der Waals surface area (Å²) in [6.07, 6.45) is 1.34. The van der Waals surface area contributed by atoms with Crippen LogP contribution in [-0.2, 0) is 24.8 Å². The van der Waals surface area contributed by atoms with E-state index in [1.807, 2.05) is 37.4 Å². The molecule has 0 radical (unpaired) electrons. The third-order valence-corrected chi connectivity index (χ3v) is 5.68. The van der Waals surface area contributed by atoms with Crippen molar-refractivity contribution < 1.29 is 18.8 Å². The van der Waals surface area contributed by atoms with E-state index in [-0.39, 0.29) is 11.8 Å². The summed E-state index contributed by atoms with van der Waals surface area (Å²) in [7, 11) is 3.46. The zero-order valence-corrected chi connectivity index (χ0v) is 18.6. The van der Waals surface area contributed by atoms with Crippen LogP contribution in [0.3, 0.4) is 0 Å². The van der Waals surface area contributed by atoms with Crippen LogP contribution >= 0.6 is 0 Å². The van der Waals surface area contributed by atoms with Crippen LogP contribution in [0.5, 0.6) is 0 Å². The van der Waals surface area contributed by atoms with Crippen LogP contribution < -0.4 is 5.32 Å². The fraction of sp³-hybridized carbons (Fsp3) is 0.391. The Labute approximate surface area is 186 Å². The monoisotopic (exact) mass is 437 g/mol. The maximum absolute atomic E-state index is 13.5. The summed E-state index contributed by atoms with van der Waals surface area (Å²) in [5, 5.41) is 11.5. The van der Waals surface area contributed by atoms with Gasteiger partial charge in [0.2, 0.25) is 0 Å². The van der Waals surface area contributed by atoms with Crippen molar-refractivity contribution in [1.29, 1.82) is 0 Å². The number of nitrogens with zero attached hydrogens (tertiary/aromatic N) is 4. The number of benzene rings is 1. The van der Waals surface area contributed by atoms with Gasteiger partial charge in [-0.2, -0.15) is 5.10 Å². The highest BCUT2D eigenvalue weighted by Crippen LogP contribution is 2.29. The molecule has 0 fully saturated rings. The molecule has 32 heavy (non-hydrogen) atoms. The van der Waals surface area contributed by atoms with E-state index in [2.05, 4.69) is 15.6 Å². The predicted molar refractivity (Wildman–Crippen MR) is 117 cm³/mol. The summed E-state index contributed by atoms with van der Waals surface area (Å²) in [4.78, 5) is 28.0. The minimum Gasteiger partial charge on any atom is -0.385 e. The molecule has 0 bridgehead atoms. The molecule has 168 valence electrons. The second-order valence-corrected chi connectivity index (χ2v) is 7.80. The Hall–Kier alpha value is -3.46. The maximum Gasteiger partial charge on any atom is 0.272 e. The van der Waals surface area contributed by atoms with E-state index in [1.54, 1.807) is 23.6 Å². The number of aromatic nitrogens is 3. The summed E-state index contributed by atoms with van der Waals surface area (Å²) in [5.41, 5.74) is 3.93. The van der Waals surface area contributed by atoms with E-state index in [9.17, 15) is 9.59 Å². The Kier molecular flexibility index (Phi) is 6.36. The van der Waals surface area contributed by atoms with Gasteiger partial charge in [0.15, 0.2) is 5.69 Å². The van der Waals surface area contributed by atoms with Gasteiger partial charge in [-0.15, -0.1) is 0 Å². The second-order valence-electron chi connectivity index (χ2n) is 7.80. The van der Waals surface area contributed by atoms with Gasteiger partial charge in [0.25, 0.3) is 11.8 Å². The highest BCUT2D eigenvalue weighted by molar-refractivity contribution is 6.01. The summed E-state index contributed by atoms with van der Waals surface area (Å²) >= 11 is 0. The highest BCUT2D eigenvalue weighted by atomic mass is 16.5. The third kappa shape index (κ3) is 4.16. The van der Waals surface area contributed by atoms with Gasteiger partial charge < -0.3 is 19.5 Å². The fourth-order valence-corrected chi connectivity index (χ4v) is 4.03. The Bertz CT molecular complexity index is 1120. The van der Waals surface area contributed by atoms with Crippen LogP contribution in [0.4, 0.5) is 0 Å². The molecule has 9 heteroatoms. The van der Waals surface area contributed by atoms with Crippen LogP contribution in [-0.4, -0.2) is 58.5 Å². The molecule has 0 unspecified atom stereocenters. The van der Waals surface area contributed by atoms with E-state index < -0.39 is 0 Å². The van der Waals surface area contributed by atoms with Crippen molar-refractivity contribution in [3.05, 3.63) is 58.6 Å². The van der Waals surface area contributed by atoms with Gasteiger partial charge in [-0.1, -0.05) is 35.5 Å². The quantitative estimate of drug-likeness (QED) is 0.569. The van der Waals surface area contributed by atoms with Crippen LogP contribution in [0.1, 0.15) is 44.3 Å². The van der Waals surface area contributed by atoms with Crippen LogP contribution in [0, 0.1) is 6.92 Å².